The zero-order valence-electron chi connectivity index (χ0n) is 9.19. The third kappa shape index (κ3) is 1.54. The highest BCUT2D eigenvalue weighted by molar-refractivity contribution is 5.27. The van der Waals surface area contributed by atoms with Gasteiger partial charge in [0.1, 0.15) is 0 Å². The van der Waals surface area contributed by atoms with Gasteiger partial charge in [-0.15, -0.1) is 0 Å². The topological polar surface area (TPSA) is 43.4 Å². The van der Waals surface area contributed by atoms with Crippen molar-refractivity contribution in [1.82, 2.24) is 10.3 Å². The third-order valence-electron chi connectivity index (χ3n) is 3.50. The van der Waals surface area contributed by atoms with E-state index in [2.05, 4.69) is 16.4 Å². The van der Waals surface area contributed by atoms with E-state index in [1.807, 2.05) is 12.3 Å². The van der Waals surface area contributed by atoms with Crippen LogP contribution in [0.2, 0.25) is 0 Å². The van der Waals surface area contributed by atoms with E-state index >= 15 is 0 Å². The van der Waals surface area contributed by atoms with E-state index in [4.69, 9.17) is 9.47 Å². The van der Waals surface area contributed by atoms with Gasteiger partial charge in [-0.25, -0.2) is 0 Å². The highest BCUT2D eigenvalue weighted by Gasteiger charge is 2.48. The van der Waals surface area contributed by atoms with Gasteiger partial charge in [0.25, 0.3) is 0 Å². The first-order chi connectivity index (χ1) is 7.92. The van der Waals surface area contributed by atoms with Crippen molar-refractivity contribution in [1.29, 1.82) is 0 Å². The molecule has 2 aliphatic heterocycles. The number of ether oxygens (including phenoxy) is 2. The Labute approximate surface area is 95.0 Å². The quantitative estimate of drug-likeness (QED) is 0.780. The molecule has 1 atom stereocenters. The zero-order valence-corrected chi connectivity index (χ0v) is 9.19. The van der Waals surface area contributed by atoms with E-state index in [9.17, 15) is 0 Å². The SMILES string of the molecule is c1cncc(C2(C3CNCCO3)COC2)c1. The lowest BCUT2D eigenvalue weighted by Crippen LogP contribution is -2.61. The smallest absolute Gasteiger partial charge is 0.0841 e. The Kier molecular flexibility index (Phi) is 2.63. The van der Waals surface area contributed by atoms with E-state index in [0.717, 1.165) is 32.9 Å². The molecule has 2 saturated heterocycles. The monoisotopic (exact) mass is 220 g/mol. The fourth-order valence-corrected chi connectivity index (χ4v) is 2.44. The van der Waals surface area contributed by atoms with E-state index in [-0.39, 0.29) is 11.5 Å². The molecular formula is C12H16N2O2. The zero-order chi connectivity index (χ0) is 10.8. The minimum Gasteiger partial charge on any atom is -0.379 e. The van der Waals surface area contributed by atoms with Gasteiger partial charge in [0.2, 0.25) is 0 Å². The molecular weight excluding hydrogens is 204 g/mol. The van der Waals surface area contributed by atoms with E-state index < -0.39 is 0 Å². The molecule has 16 heavy (non-hydrogen) atoms. The summed E-state index contributed by atoms with van der Waals surface area (Å²) in [5.74, 6) is 0. The minimum atomic E-state index is 0.0156. The third-order valence-corrected chi connectivity index (χ3v) is 3.50. The van der Waals surface area contributed by atoms with Crippen LogP contribution in [0.25, 0.3) is 0 Å². The highest BCUT2D eigenvalue weighted by Crippen LogP contribution is 2.37. The second-order valence-corrected chi connectivity index (χ2v) is 4.45. The summed E-state index contributed by atoms with van der Waals surface area (Å²) in [4.78, 5) is 4.20. The number of pyridine rings is 1. The average molecular weight is 220 g/mol. The van der Waals surface area contributed by atoms with Crippen LogP contribution >= 0.6 is 0 Å². The molecule has 0 amide bonds. The van der Waals surface area contributed by atoms with Crippen molar-refractivity contribution in [3.05, 3.63) is 30.1 Å². The Morgan fingerprint density at radius 2 is 2.38 bits per heavy atom. The van der Waals surface area contributed by atoms with Gasteiger partial charge in [0.15, 0.2) is 0 Å². The van der Waals surface area contributed by atoms with Crippen LogP contribution in [0.1, 0.15) is 5.56 Å². The van der Waals surface area contributed by atoms with Gasteiger partial charge in [-0.1, -0.05) is 6.07 Å². The summed E-state index contributed by atoms with van der Waals surface area (Å²) >= 11 is 0. The van der Waals surface area contributed by atoms with Crippen molar-refractivity contribution >= 4 is 0 Å². The predicted molar refractivity (Wildman–Crippen MR) is 59.3 cm³/mol. The molecule has 86 valence electrons. The lowest BCUT2D eigenvalue weighted by atomic mass is 9.74. The van der Waals surface area contributed by atoms with Gasteiger partial charge in [0.05, 0.1) is 31.3 Å². The predicted octanol–water partition coefficient (Wildman–Crippen LogP) is 0.338. The van der Waals surface area contributed by atoms with Crippen molar-refractivity contribution < 1.29 is 9.47 Å². The lowest BCUT2D eigenvalue weighted by Gasteiger charge is -2.48. The average Bonchev–Trinajstić information content (AvgIpc) is 2.31. The summed E-state index contributed by atoms with van der Waals surface area (Å²) in [6.07, 6.45) is 3.94. The van der Waals surface area contributed by atoms with Crippen molar-refractivity contribution in [3.63, 3.8) is 0 Å². The molecule has 2 aliphatic rings. The molecule has 3 heterocycles. The Morgan fingerprint density at radius 3 is 2.94 bits per heavy atom. The van der Waals surface area contributed by atoms with Crippen LogP contribution in [-0.4, -0.2) is 44.0 Å². The van der Waals surface area contributed by atoms with Crippen LogP contribution in [-0.2, 0) is 14.9 Å². The van der Waals surface area contributed by atoms with Crippen LogP contribution in [0.3, 0.4) is 0 Å². The molecule has 0 bridgehead atoms. The summed E-state index contributed by atoms with van der Waals surface area (Å²) in [5.41, 5.74) is 1.25. The number of aromatic nitrogens is 1. The first-order valence-electron chi connectivity index (χ1n) is 5.72. The molecule has 1 unspecified atom stereocenters. The Balaban J connectivity index is 1.87. The first kappa shape index (κ1) is 10.2. The largest absolute Gasteiger partial charge is 0.379 e. The van der Waals surface area contributed by atoms with Gasteiger partial charge >= 0.3 is 0 Å². The van der Waals surface area contributed by atoms with Crippen molar-refractivity contribution in [2.45, 2.75) is 11.5 Å². The molecule has 0 radical (unpaired) electrons. The molecule has 0 aliphatic carbocycles. The maximum Gasteiger partial charge on any atom is 0.0841 e. The molecule has 0 saturated carbocycles. The summed E-state index contributed by atoms with van der Waals surface area (Å²) in [6, 6.07) is 4.10. The minimum absolute atomic E-state index is 0.0156. The number of nitrogens with zero attached hydrogens (tertiary/aromatic N) is 1. The molecule has 2 fully saturated rings. The lowest BCUT2D eigenvalue weighted by molar-refractivity contribution is -0.146. The van der Waals surface area contributed by atoms with Gasteiger partial charge in [0, 0.05) is 25.5 Å². The molecule has 4 nitrogen and oxygen atoms in total. The van der Waals surface area contributed by atoms with Gasteiger partial charge in [-0.3, -0.25) is 4.98 Å². The van der Waals surface area contributed by atoms with Crippen LogP contribution < -0.4 is 5.32 Å². The van der Waals surface area contributed by atoms with Gasteiger partial charge in [-0.2, -0.15) is 0 Å². The maximum atomic E-state index is 5.87. The van der Waals surface area contributed by atoms with Crippen LogP contribution in [0.15, 0.2) is 24.5 Å². The number of nitrogens with one attached hydrogen (secondary N) is 1. The van der Waals surface area contributed by atoms with E-state index in [1.165, 1.54) is 5.56 Å². The maximum absolute atomic E-state index is 5.87. The van der Waals surface area contributed by atoms with Crippen LogP contribution in [0, 0.1) is 0 Å². The normalized spacial score (nSPS) is 28.4. The van der Waals surface area contributed by atoms with Crippen LogP contribution in [0.5, 0.6) is 0 Å². The van der Waals surface area contributed by atoms with Gasteiger partial charge in [-0.05, 0) is 11.6 Å². The Morgan fingerprint density at radius 1 is 1.44 bits per heavy atom. The molecule has 0 aromatic carbocycles. The second kappa shape index (κ2) is 4.13. The van der Waals surface area contributed by atoms with Crippen molar-refractivity contribution in [3.8, 4) is 0 Å². The van der Waals surface area contributed by atoms with Crippen molar-refractivity contribution in [2.75, 3.05) is 32.9 Å². The van der Waals surface area contributed by atoms with Gasteiger partial charge < -0.3 is 14.8 Å². The molecule has 4 heteroatoms. The Hall–Kier alpha value is -0.970. The highest BCUT2D eigenvalue weighted by atomic mass is 16.5. The van der Waals surface area contributed by atoms with E-state index in [0.29, 0.717) is 0 Å². The van der Waals surface area contributed by atoms with Crippen LogP contribution in [0.4, 0.5) is 0 Å². The molecule has 1 N–H and O–H groups in total. The summed E-state index contributed by atoms with van der Waals surface area (Å²) < 4.78 is 11.3. The molecule has 1 aromatic heterocycles. The number of morpholine rings is 1. The molecule has 1 aromatic rings. The fraction of sp³-hybridized carbons (Fsp3) is 0.583. The van der Waals surface area contributed by atoms with Crippen molar-refractivity contribution in [2.24, 2.45) is 0 Å². The Bertz CT molecular complexity index is 345. The molecule has 0 spiro atoms. The number of hydrogen-bond donors (Lipinski definition) is 1. The number of hydrogen-bond acceptors (Lipinski definition) is 4. The summed E-state index contributed by atoms with van der Waals surface area (Å²) in [6.45, 7) is 4.11. The number of rotatable bonds is 2. The fourth-order valence-electron chi connectivity index (χ4n) is 2.44. The standard InChI is InChI=1S/C12H16N2O2/c1-2-10(6-13-3-1)12(8-15-9-12)11-7-14-4-5-16-11/h1-3,6,11,14H,4-5,7-9H2. The summed E-state index contributed by atoms with van der Waals surface area (Å²) in [5, 5.41) is 3.38. The second-order valence-electron chi connectivity index (χ2n) is 4.45. The summed E-state index contributed by atoms with van der Waals surface area (Å²) in [7, 11) is 0. The van der Waals surface area contributed by atoms with E-state index in [1.54, 1.807) is 6.20 Å². The first-order valence-corrected chi connectivity index (χ1v) is 5.72. The molecule has 3 rings (SSSR count).